The second-order valence-electron chi connectivity index (χ2n) is 13.1. The molecule has 4 aromatic rings. The fourth-order valence-corrected chi connectivity index (χ4v) is 7.48. The number of H-pyrrole nitrogens is 1. The Bertz CT molecular complexity index is 1820. The van der Waals surface area contributed by atoms with E-state index in [1.54, 1.807) is 6.07 Å². The number of fused-ring (bicyclic) bond motifs is 2. The van der Waals surface area contributed by atoms with E-state index in [0.29, 0.717) is 42.4 Å². The summed E-state index contributed by atoms with van der Waals surface area (Å²) < 4.78 is 23.3. The van der Waals surface area contributed by atoms with Crippen molar-refractivity contribution in [2.75, 3.05) is 44.2 Å². The lowest BCUT2D eigenvalue weighted by Crippen LogP contribution is -2.58. The van der Waals surface area contributed by atoms with Crippen molar-refractivity contribution in [3.05, 3.63) is 53.0 Å². The third-order valence-corrected chi connectivity index (χ3v) is 10.1. The van der Waals surface area contributed by atoms with E-state index >= 15 is 4.39 Å². The fourth-order valence-electron chi connectivity index (χ4n) is 7.20. The van der Waals surface area contributed by atoms with E-state index in [-0.39, 0.29) is 34.5 Å². The van der Waals surface area contributed by atoms with Crippen molar-refractivity contribution < 1.29 is 13.9 Å². The Kier molecular flexibility index (Phi) is 8.35. The molecule has 4 heterocycles. The predicted molar refractivity (Wildman–Crippen MR) is 180 cm³/mol. The number of amides is 1. The average molecular weight is 646 g/mol. The number of anilines is 1. The standard InChI is InChI=1S/C35H41ClFN7O2/c1-5-27(45)43-18-22(4)44(19-21(43)3)34-24-17-25(36)29(28-20(2)9-12-26-30(28)32(41-40-26)23-10-11-23)31(37)33(24)38-35(39-34)46-16-15-42-13-7-6-8-14-42/h5,9,12,17,21-23H,1,6-8,10-11,13-16,18-19H2,2-4H3,(H,40,41)/t21-,22+/m1/s1. The second kappa shape index (κ2) is 12.4. The van der Waals surface area contributed by atoms with E-state index in [0.717, 1.165) is 60.2 Å². The molecule has 0 radical (unpaired) electrons. The molecule has 3 fully saturated rings. The molecule has 2 aromatic carbocycles. The van der Waals surface area contributed by atoms with Crippen LogP contribution in [0.5, 0.6) is 6.01 Å². The van der Waals surface area contributed by atoms with Gasteiger partial charge in [-0.1, -0.05) is 30.7 Å². The summed E-state index contributed by atoms with van der Waals surface area (Å²) in [6.07, 6.45) is 7.14. The highest BCUT2D eigenvalue weighted by Gasteiger charge is 2.35. The van der Waals surface area contributed by atoms with Gasteiger partial charge in [0.2, 0.25) is 5.91 Å². The van der Waals surface area contributed by atoms with Gasteiger partial charge in [0.25, 0.3) is 0 Å². The predicted octanol–water partition coefficient (Wildman–Crippen LogP) is 6.63. The van der Waals surface area contributed by atoms with Gasteiger partial charge in [0.05, 0.1) is 10.5 Å². The molecule has 0 unspecified atom stereocenters. The molecule has 7 rings (SSSR count). The topological polar surface area (TPSA) is 90.5 Å². The monoisotopic (exact) mass is 645 g/mol. The number of ether oxygens (including phenoxy) is 1. The van der Waals surface area contributed by atoms with Crippen LogP contribution in [0.2, 0.25) is 5.02 Å². The highest BCUT2D eigenvalue weighted by Crippen LogP contribution is 2.48. The number of benzene rings is 2. The van der Waals surface area contributed by atoms with E-state index < -0.39 is 5.82 Å². The van der Waals surface area contributed by atoms with Crippen molar-refractivity contribution >= 4 is 45.1 Å². The Hall–Kier alpha value is -3.76. The molecular formula is C35H41ClFN7O2. The van der Waals surface area contributed by atoms with Crippen LogP contribution in [0, 0.1) is 12.7 Å². The molecule has 11 heteroatoms. The van der Waals surface area contributed by atoms with Gasteiger partial charge in [-0.2, -0.15) is 15.1 Å². The molecule has 242 valence electrons. The molecule has 1 amide bonds. The number of carbonyl (C=O) groups is 1. The van der Waals surface area contributed by atoms with Crippen LogP contribution in [-0.2, 0) is 4.79 Å². The Balaban J connectivity index is 1.35. The number of aromatic nitrogens is 4. The minimum atomic E-state index is -0.508. The summed E-state index contributed by atoms with van der Waals surface area (Å²) in [6, 6.07) is 5.63. The van der Waals surface area contributed by atoms with Gasteiger partial charge < -0.3 is 14.5 Å². The normalized spacial score (nSPS) is 20.9. The Morgan fingerprint density at radius 1 is 1.13 bits per heavy atom. The Morgan fingerprint density at radius 2 is 1.91 bits per heavy atom. The maximum Gasteiger partial charge on any atom is 0.319 e. The number of nitrogens with one attached hydrogen (secondary N) is 1. The molecule has 1 saturated carbocycles. The zero-order chi connectivity index (χ0) is 32.1. The number of aromatic amines is 1. The Morgan fingerprint density at radius 3 is 2.65 bits per heavy atom. The van der Waals surface area contributed by atoms with E-state index in [9.17, 15) is 4.79 Å². The lowest BCUT2D eigenvalue weighted by molar-refractivity contribution is -0.128. The smallest absolute Gasteiger partial charge is 0.319 e. The highest BCUT2D eigenvalue weighted by atomic mass is 35.5. The molecule has 9 nitrogen and oxygen atoms in total. The first-order chi connectivity index (χ1) is 22.2. The lowest BCUT2D eigenvalue weighted by Gasteiger charge is -2.44. The summed E-state index contributed by atoms with van der Waals surface area (Å²) in [5, 5.41) is 9.48. The van der Waals surface area contributed by atoms with Crippen LogP contribution in [0.15, 0.2) is 30.9 Å². The first-order valence-corrected chi connectivity index (χ1v) is 16.9. The first-order valence-electron chi connectivity index (χ1n) is 16.5. The maximum atomic E-state index is 17.2. The van der Waals surface area contributed by atoms with E-state index in [1.165, 1.54) is 25.3 Å². The van der Waals surface area contributed by atoms with Gasteiger partial charge in [0.1, 0.15) is 17.9 Å². The Labute approximate surface area is 273 Å². The second-order valence-corrected chi connectivity index (χ2v) is 13.5. The van der Waals surface area contributed by atoms with Crippen LogP contribution in [-0.4, -0.2) is 87.3 Å². The zero-order valence-corrected chi connectivity index (χ0v) is 27.5. The number of nitrogens with zero attached hydrogens (tertiary/aromatic N) is 6. The van der Waals surface area contributed by atoms with E-state index in [2.05, 4.69) is 26.6 Å². The number of likely N-dealkylation sites (tertiary alicyclic amines) is 1. The quantitative estimate of drug-likeness (QED) is 0.215. The van der Waals surface area contributed by atoms with Gasteiger partial charge in [-0.15, -0.1) is 0 Å². The van der Waals surface area contributed by atoms with Crippen LogP contribution in [0.1, 0.15) is 63.1 Å². The number of aryl methyl sites for hydroxylation is 1. The molecule has 1 N–H and O–H groups in total. The molecule has 0 bridgehead atoms. The summed E-state index contributed by atoms with van der Waals surface area (Å²) in [4.78, 5) is 28.5. The molecule has 2 aliphatic heterocycles. The van der Waals surface area contributed by atoms with Crippen LogP contribution in [0.25, 0.3) is 32.9 Å². The largest absolute Gasteiger partial charge is 0.462 e. The minimum Gasteiger partial charge on any atom is -0.462 e. The van der Waals surface area contributed by atoms with Crippen molar-refractivity contribution in [1.82, 2.24) is 30.0 Å². The van der Waals surface area contributed by atoms with Gasteiger partial charge >= 0.3 is 6.01 Å². The van der Waals surface area contributed by atoms with Crippen LogP contribution < -0.4 is 9.64 Å². The number of rotatable bonds is 8. The van der Waals surface area contributed by atoms with Gasteiger partial charge in [-0.05, 0) is 83.3 Å². The number of halogens is 2. The summed E-state index contributed by atoms with van der Waals surface area (Å²) in [5.41, 5.74) is 3.95. The zero-order valence-electron chi connectivity index (χ0n) is 26.8. The van der Waals surface area contributed by atoms with Crippen molar-refractivity contribution in [2.24, 2.45) is 0 Å². The van der Waals surface area contributed by atoms with Crippen molar-refractivity contribution in [2.45, 2.75) is 70.9 Å². The number of hydrogen-bond donors (Lipinski definition) is 1. The van der Waals surface area contributed by atoms with Gasteiger partial charge in [-0.25, -0.2) is 4.39 Å². The molecule has 2 saturated heterocycles. The lowest BCUT2D eigenvalue weighted by atomic mass is 9.93. The van der Waals surface area contributed by atoms with E-state index in [4.69, 9.17) is 26.3 Å². The van der Waals surface area contributed by atoms with Gasteiger partial charge in [0, 0.05) is 65.2 Å². The summed E-state index contributed by atoms with van der Waals surface area (Å²) in [6.45, 7) is 13.9. The molecule has 0 spiro atoms. The SMILES string of the molecule is C=CC(=O)N1C[C@H](C)N(c2nc(OCCN3CCCCC3)nc3c(F)c(-c4c(C)ccc5n[nH]c(C6CC6)c45)c(Cl)cc23)C[C@H]1C. The highest BCUT2D eigenvalue weighted by molar-refractivity contribution is 6.35. The van der Waals surface area contributed by atoms with Crippen LogP contribution in [0.3, 0.4) is 0 Å². The molecule has 1 aliphatic carbocycles. The molecule has 3 aliphatic rings. The summed E-state index contributed by atoms with van der Waals surface area (Å²) in [7, 11) is 0. The fraction of sp³-hybridized carbons (Fsp3) is 0.486. The van der Waals surface area contributed by atoms with Gasteiger partial charge in [0.15, 0.2) is 5.82 Å². The third kappa shape index (κ3) is 5.59. The van der Waals surface area contributed by atoms with Gasteiger partial charge in [-0.3, -0.25) is 14.8 Å². The number of piperidine rings is 1. The van der Waals surface area contributed by atoms with Crippen molar-refractivity contribution in [3.63, 3.8) is 0 Å². The third-order valence-electron chi connectivity index (χ3n) is 9.84. The average Bonchev–Trinajstić information content (AvgIpc) is 3.81. The minimum absolute atomic E-state index is 0.107. The number of hydrogen-bond acceptors (Lipinski definition) is 7. The molecular weight excluding hydrogens is 605 g/mol. The molecule has 2 atom stereocenters. The van der Waals surface area contributed by atoms with Crippen molar-refractivity contribution in [1.29, 1.82) is 0 Å². The van der Waals surface area contributed by atoms with Crippen molar-refractivity contribution in [3.8, 4) is 17.1 Å². The molecule has 46 heavy (non-hydrogen) atoms. The maximum absolute atomic E-state index is 17.2. The summed E-state index contributed by atoms with van der Waals surface area (Å²) in [5.74, 6) is 0.317. The molecule has 2 aromatic heterocycles. The summed E-state index contributed by atoms with van der Waals surface area (Å²) >= 11 is 7.05. The van der Waals surface area contributed by atoms with Crippen LogP contribution in [0.4, 0.5) is 10.2 Å². The van der Waals surface area contributed by atoms with Crippen LogP contribution >= 0.6 is 11.6 Å². The first kappa shape index (κ1) is 30.9. The van der Waals surface area contributed by atoms with E-state index in [1.807, 2.05) is 37.8 Å². The number of carbonyl (C=O) groups excluding carboxylic acids is 1. The number of piperazine rings is 1.